The van der Waals surface area contributed by atoms with Crippen molar-refractivity contribution >= 4 is 16.7 Å². The van der Waals surface area contributed by atoms with E-state index in [2.05, 4.69) is 4.98 Å². The Bertz CT molecular complexity index is 787. The third kappa shape index (κ3) is 2.48. The molecule has 106 valence electrons. The van der Waals surface area contributed by atoms with E-state index >= 15 is 0 Å². The van der Waals surface area contributed by atoms with Crippen LogP contribution < -0.4 is 9.47 Å². The molecule has 0 aliphatic rings. The van der Waals surface area contributed by atoms with Gasteiger partial charge in [0.1, 0.15) is 11.5 Å². The van der Waals surface area contributed by atoms with Gasteiger partial charge in [0.15, 0.2) is 0 Å². The first-order valence-electron chi connectivity index (χ1n) is 6.57. The maximum atomic E-state index is 12.5. The number of carbonyl (C=O) groups is 1. The summed E-state index contributed by atoms with van der Waals surface area (Å²) in [4.78, 5) is 15.6. The molecule has 0 fully saturated rings. The number of aromatic nitrogens is 1. The van der Waals surface area contributed by atoms with Crippen molar-refractivity contribution < 1.29 is 14.3 Å². The minimum atomic E-state index is -0.0483. The third-order valence-corrected chi connectivity index (χ3v) is 3.43. The van der Waals surface area contributed by atoms with Crippen LogP contribution in [0.2, 0.25) is 0 Å². The highest BCUT2D eigenvalue weighted by atomic mass is 16.5. The zero-order chi connectivity index (χ0) is 14.8. The molecule has 2 aromatic carbocycles. The summed E-state index contributed by atoms with van der Waals surface area (Å²) in [6.07, 6.45) is 0. The van der Waals surface area contributed by atoms with E-state index in [0.717, 1.165) is 22.4 Å². The number of ether oxygens (including phenoxy) is 2. The van der Waals surface area contributed by atoms with E-state index in [4.69, 9.17) is 9.47 Å². The van der Waals surface area contributed by atoms with E-state index in [-0.39, 0.29) is 5.78 Å². The first kappa shape index (κ1) is 13.2. The predicted octanol–water partition coefficient (Wildman–Crippen LogP) is 3.42. The van der Waals surface area contributed by atoms with Crippen molar-refractivity contribution in [3.63, 3.8) is 0 Å². The van der Waals surface area contributed by atoms with Crippen LogP contribution in [0.5, 0.6) is 11.5 Å². The Hall–Kier alpha value is -2.75. The Morgan fingerprint density at radius 2 is 1.57 bits per heavy atom. The molecule has 0 spiro atoms. The van der Waals surface area contributed by atoms with Gasteiger partial charge in [0.25, 0.3) is 0 Å². The van der Waals surface area contributed by atoms with E-state index in [1.165, 1.54) is 0 Å². The van der Waals surface area contributed by atoms with Crippen LogP contribution in [-0.4, -0.2) is 25.0 Å². The number of methoxy groups -OCH3 is 2. The van der Waals surface area contributed by atoms with Crippen molar-refractivity contribution in [3.8, 4) is 11.5 Å². The molecule has 1 heterocycles. The van der Waals surface area contributed by atoms with Crippen molar-refractivity contribution in [1.82, 2.24) is 4.98 Å². The zero-order valence-corrected chi connectivity index (χ0v) is 11.8. The van der Waals surface area contributed by atoms with Gasteiger partial charge in [-0.25, -0.2) is 0 Å². The summed E-state index contributed by atoms with van der Waals surface area (Å²) in [5, 5.41) is 0.979. The van der Waals surface area contributed by atoms with Crippen LogP contribution in [0.25, 0.3) is 10.9 Å². The van der Waals surface area contributed by atoms with Gasteiger partial charge in [-0.2, -0.15) is 0 Å². The van der Waals surface area contributed by atoms with Gasteiger partial charge >= 0.3 is 0 Å². The minimum Gasteiger partial charge on any atom is -0.497 e. The number of hydrogen-bond acceptors (Lipinski definition) is 3. The molecule has 0 atom stereocenters. The number of H-pyrrole nitrogens is 1. The third-order valence-electron chi connectivity index (χ3n) is 3.43. The highest BCUT2D eigenvalue weighted by Gasteiger charge is 2.12. The predicted molar refractivity (Wildman–Crippen MR) is 81.3 cm³/mol. The summed E-state index contributed by atoms with van der Waals surface area (Å²) < 4.78 is 10.3. The first-order valence-corrected chi connectivity index (χ1v) is 6.57. The lowest BCUT2D eigenvalue weighted by molar-refractivity contribution is 0.103. The molecule has 0 aliphatic carbocycles. The number of carbonyl (C=O) groups excluding carboxylic acids is 1. The fourth-order valence-corrected chi connectivity index (χ4v) is 2.25. The van der Waals surface area contributed by atoms with Crippen LogP contribution in [0.4, 0.5) is 0 Å². The van der Waals surface area contributed by atoms with E-state index in [1.807, 2.05) is 24.3 Å². The molecule has 1 aromatic heterocycles. The molecule has 0 bridgehead atoms. The van der Waals surface area contributed by atoms with Crippen molar-refractivity contribution in [3.05, 3.63) is 59.8 Å². The largest absolute Gasteiger partial charge is 0.497 e. The number of benzene rings is 2. The molecule has 0 saturated heterocycles. The molecule has 3 aromatic rings. The van der Waals surface area contributed by atoms with Gasteiger partial charge < -0.3 is 14.5 Å². The van der Waals surface area contributed by atoms with Crippen LogP contribution in [0.3, 0.4) is 0 Å². The number of nitrogens with one attached hydrogen (secondary N) is 1. The van der Waals surface area contributed by atoms with E-state index < -0.39 is 0 Å². The normalized spacial score (nSPS) is 10.6. The van der Waals surface area contributed by atoms with Gasteiger partial charge in [-0.1, -0.05) is 0 Å². The number of aromatic amines is 1. The Morgan fingerprint density at radius 1 is 0.905 bits per heavy atom. The lowest BCUT2D eigenvalue weighted by atomic mass is 10.1. The van der Waals surface area contributed by atoms with E-state index in [1.54, 1.807) is 38.5 Å². The molecule has 4 nitrogen and oxygen atoms in total. The minimum absolute atomic E-state index is 0.0483. The van der Waals surface area contributed by atoms with Gasteiger partial charge in [0, 0.05) is 22.5 Å². The molecule has 0 unspecified atom stereocenters. The van der Waals surface area contributed by atoms with Gasteiger partial charge in [0.2, 0.25) is 5.78 Å². The molecule has 3 rings (SSSR count). The van der Waals surface area contributed by atoms with Gasteiger partial charge in [-0.15, -0.1) is 0 Å². The maximum Gasteiger partial charge on any atom is 0.209 e. The first-order chi connectivity index (χ1) is 10.2. The smallest absolute Gasteiger partial charge is 0.209 e. The monoisotopic (exact) mass is 281 g/mol. The fraction of sp³-hybridized carbons (Fsp3) is 0.118. The van der Waals surface area contributed by atoms with Crippen LogP contribution in [-0.2, 0) is 0 Å². The second-order valence-electron chi connectivity index (χ2n) is 4.69. The Morgan fingerprint density at radius 3 is 2.24 bits per heavy atom. The lowest BCUT2D eigenvalue weighted by Crippen LogP contribution is -2.01. The summed E-state index contributed by atoms with van der Waals surface area (Å²) in [6, 6.07) is 14.6. The van der Waals surface area contributed by atoms with Crippen LogP contribution in [0.1, 0.15) is 16.1 Å². The summed E-state index contributed by atoms with van der Waals surface area (Å²) in [5.74, 6) is 1.44. The summed E-state index contributed by atoms with van der Waals surface area (Å²) in [7, 11) is 3.22. The number of ketones is 1. The second-order valence-corrected chi connectivity index (χ2v) is 4.69. The van der Waals surface area contributed by atoms with Crippen LogP contribution in [0, 0.1) is 0 Å². The SMILES string of the molecule is COc1ccc(C(=O)c2cc3ccc(OC)cc3[nH]2)cc1. The van der Waals surface area contributed by atoms with Crippen LogP contribution >= 0.6 is 0 Å². The standard InChI is InChI=1S/C17H15NO3/c1-20-13-6-3-11(4-7-13)17(19)16-9-12-5-8-14(21-2)10-15(12)18-16/h3-10,18H,1-2H3. The molecule has 1 N–H and O–H groups in total. The fourth-order valence-electron chi connectivity index (χ4n) is 2.25. The average molecular weight is 281 g/mol. The number of rotatable bonds is 4. The van der Waals surface area contributed by atoms with E-state index in [9.17, 15) is 4.79 Å². The topological polar surface area (TPSA) is 51.3 Å². The van der Waals surface area contributed by atoms with Crippen LogP contribution in [0.15, 0.2) is 48.5 Å². The van der Waals surface area contributed by atoms with Gasteiger partial charge in [-0.3, -0.25) is 4.79 Å². The Kier molecular flexibility index (Phi) is 3.36. The van der Waals surface area contributed by atoms with Gasteiger partial charge in [-0.05, 0) is 42.5 Å². The zero-order valence-electron chi connectivity index (χ0n) is 11.8. The maximum absolute atomic E-state index is 12.5. The molecule has 0 saturated carbocycles. The summed E-state index contributed by atoms with van der Waals surface area (Å²) >= 11 is 0. The number of fused-ring (bicyclic) bond motifs is 1. The summed E-state index contributed by atoms with van der Waals surface area (Å²) in [6.45, 7) is 0. The van der Waals surface area contributed by atoms with Crippen molar-refractivity contribution in [2.75, 3.05) is 14.2 Å². The molecule has 0 amide bonds. The Balaban J connectivity index is 1.96. The summed E-state index contributed by atoms with van der Waals surface area (Å²) in [5.41, 5.74) is 2.06. The van der Waals surface area contributed by atoms with E-state index in [0.29, 0.717) is 11.3 Å². The van der Waals surface area contributed by atoms with Crippen molar-refractivity contribution in [2.24, 2.45) is 0 Å². The molecular weight excluding hydrogens is 266 g/mol. The van der Waals surface area contributed by atoms with Crippen molar-refractivity contribution in [2.45, 2.75) is 0 Å². The second kappa shape index (κ2) is 5.32. The molecule has 0 aliphatic heterocycles. The highest BCUT2D eigenvalue weighted by Crippen LogP contribution is 2.23. The van der Waals surface area contributed by atoms with Gasteiger partial charge in [0.05, 0.1) is 19.9 Å². The molecular formula is C17H15NO3. The highest BCUT2D eigenvalue weighted by molar-refractivity contribution is 6.10. The Labute approximate surface area is 122 Å². The quantitative estimate of drug-likeness (QED) is 0.745. The average Bonchev–Trinajstić information content (AvgIpc) is 2.97. The molecule has 4 heteroatoms. The molecule has 0 radical (unpaired) electrons. The number of hydrogen-bond donors (Lipinski definition) is 1. The van der Waals surface area contributed by atoms with Crippen molar-refractivity contribution in [1.29, 1.82) is 0 Å². The lowest BCUT2D eigenvalue weighted by Gasteiger charge is -2.01. The molecule has 21 heavy (non-hydrogen) atoms.